The molecule has 1 aromatic rings. The van der Waals surface area contributed by atoms with E-state index in [1.165, 1.54) is 0 Å². The smallest absolute Gasteiger partial charge is 0.267 e. The number of carbonyl (C=O) groups is 3. The normalized spacial score (nSPS) is 24.2. The van der Waals surface area contributed by atoms with E-state index < -0.39 is 16.3 Å². The highest BCUT2D eigenvalue weighted by Crippen LogP contribution is 2.52. The van der Waals surface area contributed by atoms with Gasteiger partial charge in [-0.05, 0) is 24.8 Å². The lowest BCUT2D eigenvalue weighted by atomic mass is 10.1. The average molecular weight is 454 g/mol. The molecule has 5 N–H and O–H groups in total. The van der Waals surface area contributed by atoms with Gasteiger partial charge in [-0.25, -0.2) is 0 Å². The highest BCUT2D eigenvalue weighted by Gasteiger charge is 2.51. The lowest BCUT2D eigenvalue weighted by Gasteiger charge is -2.24. The van der Waals surface area contributed by atoms with E-state index in [0.29, 0.717) is 37.2 Å². The first-order valence-electron chi connectivity index (χ1n) is 9.76. The number of carbonyl (C=O) groups excluding carboxylic acids is 3. The van der Waals surface area contributed by atoms with Gasteiger partial charge >= 0.3 is 0 Å². The standard InChI is InChI=1S/C20H25Cl2N5O3/c1-11-6-15(19(30)26-8-12-7-20(12,21)22)27(10-11)16(28)9-25-14-5-3-2-4-13(14)17(23)18(24)29/h2-5,11-12,15,23,25H,6-10H2,1H3,(H2,24,29)(H,26,30). The second-order valence-electron chi connectivity index (χ2n) is 7.95. The second-order valence-corrected chi connectivity index (χ2v) is 9.49. The van der Waals surface area contributed by atoms with Crippen LogP contribution < -0.4 is 16.4 Å². The van der Waals surface area contributed by atoms with Gasteiger partial charge in [-0.1, -0.05) is 25.1 Å². The molecule has 2 fully saturated rings. The maximum atomic E-state index is 12.8. The fraction of sp³-hybridized carbons (Fsp3) is 0.500. The Kier molecular flexibility index (Phi) is 6.57. The van der Waals surface area contributed by atoms with E-state index in [9.17, 15) is 14.4 Å². The van der Waals surface area contributed by atoms with Gasteiger partial charge in [0.2, 0.25) is 11.8 Å². The van der Waals surface area contributed by atoms with Crippen molar-refractivity contribution in [3.8, 4) is 0 Å². The Morgan fingerprint density at radius 1 is 1.30 bits per heavy atom. The van der Waals surface area contributed by atoms with Gasteiger partial charge < -0.3 is 21.3 Å². The van der Waals surface area contributed by atoms with Crippen molar-refractivity contribution in [2.75, 3.05) is 25.0 Å². The second kappa shape index (κ2) is 8.81. The molecule has 8 nitrogen and oxygen atoms in total. The molecular weight excluding hydrogens is 429 g/mol. The number of halogens is 2. The quantitative estimate of drug-likeness (QED) is 0.351. The minimum Gasteiger partial charge on any atom is -0.376 e. The summed E-state index contributed by atoms with van der Waals surface area (Å²) in [5, 5.41) is 13.6. The number of nitrogens with two attached hydrogens (primary N) is 1. The summed E-state index contributed by atoms with van der Waals surface area (Å²) in [6.07, 6.45) is 1.22. The number of nitrogens with one attached hydrogen (secondary N) is 3. The number of benzene rings is 1. The third kappa shape index (κ3) is 5.05. The molecule has 3 unspecified atom stereocenters. The van der Waals surface area contributed by atoms with Gasteiger partial charge in [-0.3, -0.25) is 19.8 Å². The van der Waals surface area contributed by atoms with Gasteiger partial charge in [-0.2, -0.15) is 0 Å². The first-order chi connectivity index (χ1) is 14.1. The number of hydrogen-bond acceptors (Lipinski definition) is 5. The van der Waals surface area contributed by atoms with E-state index in [2.05, 4.69) is 10.6 Å². The van der Waals surface area contributed by atoms with Crippen LogP contribution >= 0.6 is 23.2 Å². The Balaban J connectivity index is 1.61. The predicted molar refractivity (Wildman–Crippen MR) is 116 cm³/mol. The van der Waals surface area contributed by atoms with E-state index in [4.69, 9.17) is 34.3 Å². The minimum atomic E-state index is -0.853. The van der Waals surface area contributed by atoms with E-state index in [1.807, 2.05) is 6.92 Å². The van der Waals surface area contributed by atoms with Crippen LogP contribution in [0.4, 0.5) is 5.69 Å². The molecule has 1 aliphatic heterocycles. The van der Waals surface area contributed by atoms with Crippen LogP contribution in [-0.2, 0) is 14.4 Å². The van der Waals surface area contributed by atoms with Crippen LogP contribution in [0.2, 0.25) is 0 Å². The molecule has 1 heterocycles. The molecule has 30 heavy (non-hydrogen) atoms. The molecule has 162 valence electrons. The van der Waals surface area contributed by atoms with E-state index >= 15 is 0 Å². The summed E-state index contributed by atoms with van der Waals surface area (Å²) in [5.74, 6) is -1.07. The average Bonchev–Trinajstić information content (AvgIpc) is 3.12. The molecule has 3 amide bonds. The number of amides is 3. The van der Waals surface area contributed by atoms with Crippen molar-refractivity contribution in [3.05, 3.63) is 29.8 Å². The van der Waals surface area contributed by atoms with Gasteiger partial charge in [0, 0.05) is 30.3 Å². The van der Waals surface area contributed by atoms with Crippen LogP contribution in [0.3, 0.4) is 0 Å². The molecule has 1 saturated heterocycles. The van der Waals surface area contributed by atoms with Crippen LogP contribution in [0.5, 0.6) is 0 Å². The fourth-order valence-electron chi connectivity index (χ4n) is 3.66. The summed E-state index contributed by atoms with van der Waals surface area (Å²) in [7, 11) is 0. The van der Waals surface area contributed by atoms with Crippen LogP contribution in [0.15, 0.2) is 24.3 Å². The number of primary amides is 1. The Morgan fingerprint density at radius 2 is 1.97 bits per heavy atom. The van der Waals surface area contributed by atoms with Crippen molar-refractivity contribution in [2.24, 2.45) is 17.6 Å². The molecule has 0 radical (unpaired) electrons. The number of anilines is 1. The molecule has 3 rings (SSSR count). The van der Waals surface area contributed by atoms with Crippen LogP contribution in [0.1, 0.15) is 25.3 Å². The van der Waals surface area contributed by atoms with Gasteiger partial charge in [-0.15, -0.1) is 23.2 Å². The molecule has 3 atom stereocenters. The van der Waals surface area contributed by atoms with Crippen LogP contribution in [0, 0.1) is 17.2 Å². The first kappa shape index (κ1) is 22.4. The topological polar surface area (TPSA) is 128 Å². The van der Waals surface area contributed by atoms with Crippen molar-refractivity contribution < 1.29 is 14.4 Å². The predicted octanol–water partition coefficient (Wildman–Crippen LogP) is 1.50. The zero-order chi connectivity index (χ0) is 22.1. The Bertz CT molecular complexity index is 876. The van der Waals surface area contributed by atoms with E-state index in [-0.39, 0.29) is 35.9 Å². The largest absolute Gasteiger partial charge is 0.376 e. The highest BCUT2D eigenvalue weighted by atomic mass is 35.5. The summed E-state index contributed by atoms with van der Waals surface area (Å²) in [6.45, 7) is 2.79. The lowest BCUT2D eigenvalue weighted by Crippen LogP contribution is -2.48. The molecule has 0 bridgehead atoms. The summed E-state index contributed by atoms with van der Waals surface area (Å²) in [6, 6.07) is 6.10. The van der Waals surface area contributed by atoms with E-state index in [1.54, 1.807) is 29.2 Å². The third-order valence-corrected chi connectivity index (χ3v) is 6.41. The molecule has 0 aromatic heterocycles. The molecular formula is C20H25Cl2N5O3. The zero-order valence-corrected chi connectivity index (χ0v) is 18.1. The van der Waals surface area contributed by atoms with Gasteiger partial charge in [0.05, 0.1) is 6.54 Å². The summed E-state index contributed by atoms with van der Waals surface area (Å²) < 4.78 is -0.762. The monoisotopic (exact) mass is 453 g/mol. The van der Waals surface area contributed by atoms with Crippen molar-refractivity contribution in [1.29, 1.82) is 5.41 Å². The first-order valence-corrected chi connectivity index (χ1v) is 10.5. The maximum Gasteiger partial charge on any atom is 0.267 e. The summed E-state index contributed by atoms with van der Waals surface area (Å²) in [4.78, 5) is 38.4. The minimum absolute atomic E-state index is 0.0338. The van der Waals surface area contributed by atoms with Crippen molar-refractivity contribution >= 4 is 52.3 Å². The van der Waals surface area contributed by atoms with Crippen molar-refractivity contribution in [2.45, 2.75) is 30.1 Å². The Morgan fingerprint density at radius 3 is 2.60 bits per heavy atom. The van der Waals surface area contributed by atoms with Crippen molar-refractivity contribution in [3.63, 3.8) is 0 Å². The number of rotatable bonds is 8. The number of alkyl halides is 2. The third-order valence-electron chi connectivity index (χ3n) is 5.48. The molecule has 2 aliphatic rings. The highest BCUT2D eigenvalue weighted by molar-refractivity contribution is 6.50. The van der Waals surface area contributed by atoms with Gasteiger partial charge in [0.1, 0.15) is 16.1 Å². The number of hydrogen-bond donors (Lipinski definition) is 4. The van der Waals surface area contributed by atoms with Crippen LogP contribution in [-0.4, -0.2) is 58.3 Å². The van der Waals surface area contributed by atoms with Crippen LogP contribution in [0.25, 0.3) is 0 Å². The van der Waals surface area contributed by atoms with Gasteiger partial charge in [0.15, 0.2) is 0 Å². The molecule has 1 saturated carbocycles. The van der Waals surface area contributed by atoms with Crippen molar-refractivity contribution in [1.82, 2.24) is 10.2 Å². The number of para-hydroxylation sites is 1. The SMILES string of the molecule is CC1CC(C(=O)NCC2CC2(Cl)Cl)N(C(=O)CNc2ccccc2C(=N)C(N)=O)C1. The molecule has 0 spiro atoms. The van der Waals surface area contributed by atoms with Gasteiger partial charge in [0.25, 0.3) is 5.91 Å². The summed E-state index contributed by atoms with van der Waals surface area (Å²) in [5.41, 5.74) is 5.63. The Hall–Kier alpha value is -2.32. The summed E-state index contributed by atoms with van der Waals surface area (Å²) >= 11 is 12.0. The fourth-order valence-corrected chi connectivity index (χ4v) is 4.19. The number of nitrogens with zero attached hydrogens (tertiary/aromatic N) is 1. The zero-order valence-electron chi connectivity index (χ0n) is 16.6. The molecule has 1 aliphatic carbocycles. The molecule has 10 heteroatoms. The number of likely N-dealkylation sites (tertiary alicyclic amines) is 1. The molecule has 1 aromatic carbocycles. The lowest BCUT2D eigenvalue weighted by molar-refractivity contribution is -0.137. The Labute approximate surface area is 185 Å². The van der Waals surface area contributed by atoms with E-state index in [0.717, 1.165) is 0 Å². The maximum absolute atomic E-state index is 12.8.